The third-order valence-corrected chi connectivity index (χ3v) is 8.54. The molecule has 0 aromatic heterocycles. The summed E-state index contributed by atoms with van der Waals surface area (Å²) >= 11 is 0. The quantitative estimate of drug-likeness (QED) is 0.528. The number of likely N-dealkylation sites (tertiary alicyclic amines) is 1. The van der Waals surface area contributed by atoms with Crippen LogP contribution in [0, 0.1) is 6.92 Å². The van der Waals surface area contributed by atoms with Crippen molar-refractivity contribution in [2.45, 2.75) is 69.6 Å². The lowest BCUT2D eigenvalue weighted by molar-refractivity contribution is 0.0213. The van der Waals surface area contributed by atoms with E-state index in [2.05, 4.69) is 10.2 Å². The molecule has 0 amide bonds. The molecule has 8 nitrogen and oxygen atoms in total. The monoisotopic (exact) mass is 492 g/mol. The summed E-state index contributed by atoms with van der Waals surface area (Å²) in [5.74, 6) is -0.613. The van der Waals surface area contributed by atoms with Gasteiger partial charge >= 0.3 is 11.9 Å². The zero-order valence-electron chi connectivity index (χ0n) is 20.6. The molecule has 0 saturated carbocycles. The van der Waals surface area contributed by atoms with Gasteiger partial charge in [-0.15, -0.1) is 0 Å². The Morgan fingerprint density at radius 1 is 1.14 bits per heavy atom. The molecule has 4 aliphatic rings. The summed E-state index contributed by atoms with van der Waals surface area (Å²) in [4.78, 5) is 26.4. The first-order valence-electron chi connectivity index (χ1n) is 12.7. The van der Waals surface area contributed by atoms with Crippen molar-refractivity contribution in [2.75, 3.05) is 19.6 Å². The lowest BCUT2D eigenvalue weighted by Crippen LogP contribution is -2.54. The molecule has 4 aliphatic heterocycles. The second kappa shape index (κ2) is 8.66. The molecular formula is C28H32N2O6. The van der Waals surface area contributed by atoms with Gasteiger partial charge in [-0.25, -0.2) is 9.59 Å². The Hall–Kier alpha value is -2.78. The zero-order valence-corrected chi connectivity index (χ0v) is 20.6. The Morgan fingerprint density at radius 3 is 2.75 bits per heavy atom. The van der Waals surface area contributed by atoms with E-state index >= 15 is 0 Å². The van der Waals surface area contributed by atoms with Gasteiger partial charge in [0.2, 0.25) is 0 Å². The molecule has 5 atom stereocenters. The maximum absolute atomic E-state index is 12.2. The lowest BCUT2D eigenvalue weighted by Gasteiger charge is -2.41. The number of carbonyl (C=O) groups excluding carboxylic acids is 2. The van der Waals surface area contributed by atoms with Crippen molar-refractivity contribution in [3.05, 3.63) is 69.3 Å². The summed E-state index contributed by atoms with van der Waals surface area (Å²) in [5.41, 5.74) is 5.20. The Kier molecular flexibility index (Phi) is 5.68. The van der Waals surface area contributed by atoms with Crippen molar-refractivity contribution in [2.24, 2.45) is 0 Å². The number of benzene rings is 2. The number of piperazine rings is 1. The van der Waals surface area contributed by atoms with Crippen molar-refractivity contribution in [3.63, 3.8) is 0 Å². The van der Waals surface area contributed by atoms with E-state index in [0.717, 1.165) is 47.3 Å². The number of esters is 2. The summed E-state index contributed by atoms with van der Waals surface area (Å²) in [6.07, 6.45) is 0.517. The van der Waals surface area contributed by atoms with Gasteiger partial charge in [-0.3, -0.25) is 4.90 Å². The number of ether oxygens (including phenoxy) is 2. The van der Waals surface area contributed by atoms with Gasteiger partial charge in [0.05, 0.1) is 23.3 Å². The second-order valence-electron chi connectivity index (χ2n) is 10.9. The van der Waals surface area contributed by atoms with Gasteiger partial charge in [0.25, 0.3) is 0 Å². The molecule has 2 fully saturated rings. The average molecular weight is 493 g/mol. The smallest absolute Gasteiger partial charge is 0.338 e. The first kappa shape index (κ1) is 23.6. The van der Waals surface area contributed by atoms with Gasteiger partial charge in [0.1, 0.15) is 12.7 Å². The first-order chi connectivity index (χ1) is 17.2. The van der Waals surface area contributed by atoms with Gasteiger partial charge in [-0.1, -0.05) is 18.2 Å². The van der Waals surface area contributed by atoms with Crippen LogP contribution in [0.4, 0.5) is 0 Å². The number of cyclic esters (lactones) is 2. The van der Waals surface area contributed by atoms with Gasteiger partial charge in [-0.2, -0.15) is 0 Å². The molecule has 36 heavy (non-hydrogen) atoms. The Balaban J connectivity index is 1.20. The number of hydrogen-bond acceptors (Lipinski definition) is 8. The Bertz CT molecular complexity index is 1240. The SMILES string of the molecule is Cc1c([C@H](O)C[C@@]23CN[C@H](CN2C[C@H](O)c2ccc4c(c2)C[C@@H](C)OC4=O)C3)ccc2c1COC2=O. The molecule has 0 radical (unpaired) electrons. The number of carbonyl (C=O) groups is 2. The predicted molar refractivity (Wildman–Crippen MR) is 131 cm³/mol. The van der Waals surface area contributed by atoms with E-state index < -0.39 is 12.2 Å². The summed E-state index contributed by atoms with van der Waals surface area (Å²) < 4.78 is 10.5. The third kappa shape index (κ3) is 3.84. The van der Waals surface area contributed by atoms with Crippen molar-refractivity contribution in [3.8, 4) is 0 Å². The summed E-state index contributed by atoms with van der Waals surface area (Å²) in [6.45, 7) is 6.08. The van der Waals surface area contributed by atoms with Gasteiger partial charge in [0, 0.05) is 43.2 Å². The highest BCUT2D eigenvalue weighted by atomic mass is 16.5. The van der Waals surface area contributed by atoms with E-state index in [1.807, 2.05) is 32.0 Å². The van der Waals surface area contributed by atoms with E-state index in [1.54, 1.807) is 12.1 Å². The van der Waals surface area contributed by atoms with Crippen LogP contribution in [0.2, 0.25) is 0 Å². The summed E-state index contributed by atoms with van der Waals surface area (Å²) in [7, 11) is 0. The van der Waals surface area contributed by atoms with Crippen LogP contribution in [0.1, 0.15) is 80.5 Å². The van der Waals surface area contributed by atoms with Gasteiger partial charge in [0.15, 0.2) is 0 Å². The average Bonchev–Trinajstić information content (AvgIpc) is 3.52. The fraction of sp³-hybridized carbons (Fsp3) is 0.500. The molecule has 2 aromatic rings. The molecule has 2 bridgehead atoms. The van der Waals surface area contributed by atoms with Crippen LogP contribution in [0.25, 0.3) is 0 Å². The molecule has 2 saturated heterocycles. The van der Waals surface area contributed by atoms with Crippen molar-refractivity contribution in [1.82, 2.24) is 10.2 Å². The largest absolute Gasteiger partial charge is 0.459 e. The molecule has 8 heteroatoms. The standard InChI is InChI=1S/C28H32N2O6/c1-15-7-18-8-17(3-4-21(18)27(34)36-15)25(32)12-30-11-19-9-28(30,14-29-19)10-24(31)20-5-6-22-23(16(20)2)13-35-26(22)33/h3-6,8,15,19,24-25,29,31-32H,7,9-14H2,1-2H3/t15-,19+,24-,25+,28+/m1/s1. The van der Waals surface area contributed by atoms with Crippen LogP contribution in [-0.2, 0) is 22.5 Å². The molecule has 0 aliphatic carbocycles. The Labute approximate surface area is 210 Å². The van der Waals surface area contributed by atoms with E-state index in [0.29, 0.717) is 36.6 Å². The number of hydrogen-bond donors (Lipinski definition) is 3. The highest BCUT2D eigenvalue weighted by Crippen LogP contribution is 2.43. The highest BCUT2D eigenvalue weighted by molar-refractivity contribution is 5.94. The molecule has 0 unspecified atom stereocenters. The highest BCUT2D eigenvalue weighted by Gasteiger charge is 2.51. The maximum Gasteiger partial charge on any atom is 0.338 e. The topological polar surface area (TPSA) is 108 Å². The third-order valence-electron chi connectivity index (χ3n) is 8.54. The fourth-order valence-corrected chi connectivity index (χ4v) is 6.62. The number of aliphatic hydroxyl groups is 2. The summed E-state index contributed by atoms with van der Waals surface area (Å²) in [5, 5.41) is 26.1. The molecule has 0 spiro atoms. The Morgan fingerprint density at radius 2 is 1.94 bits per heavy atom. The molecule has 4 heterocycles. The maximum atomic E-state index is 12.2. The van der Waals surface area contributed by atoms with Crippen molar-refractivity contribution in [1.29, 1.82) is 0 Å². The van der Waals surface area contributed by atoms with Gasteiger partial charge < -0.3 is 25.0 Å². The predicted octanol–water partition coefficient (Wildman–Crippen LogP) is 2.34. The molecule has 6 rings (SSSR count). The minimum atomic E-state index is -0.707. The van der Waals surface area contributed by atoms with Gasteiger partial charge in [-0.05, 0) is 61.1 Å². The van der Waals surface area contributed by atoms with E-state index in [1.165, 1.54) is 0 Å². The number of fused-ring (bicyclic) bond motifs is 4. The lowest BCUT2D eigenvalue weighted by atomic mass is 9.85. The number of rotatable bonds is 6. The number of aliphatic hydroxyl groups excluding tert-OH is 2. The number of β-amino-alcohol motifs (C(OH)–C–C–N with tert-alkyl or cyclic N) is 1. The van der Waals surface area contributed by atoms with Crippen LogP contribution in [-0.4, -0.2) is 64.4 Å². The molecular weight excluding hydrogens is 460 g/mol. The number of nitrogens with zero attached hydrogens (tertiary/aromatic N) is 1. The van der Waals surface area contributed by atoms with Crippen molar-refractivity contribution < 1.29 is 29.3 Å². The number of nitrogens with one attached hydrogen (secondary N) is 1. The van der Waals surface area contributed by atoms with E-state index in [9.17, 15) is 19.8 Å². The van der Waals surface area contributed by atoms with E-state index in [-0.39, 0.29) is 30.2 Å². The molecule has 2 aromatic carbocycles. The zero-order chi connectivity index (χ0) is 25.2. The molecule has 190 valence electrons. The van der Waals surface area contributed by atoms with Crippen LogP contribution in [0.3, 0.4) is 0 Å². The van der Waals surface area contributed by atoms with Crippen LogP contribution in [0.15, 0.2) is 30.3 Å². The van der Waals surface area contributed by atoms with Crippen molar-refractivity contribution >= 4 is 11.9 Å². The van der Waals surface area contributed by atoms with Crippen LogP contribution in [0.5, 0.6) is 0 Å². The minimum Gasteiger partial charge on any atom is -0.459 e. The second-order valence-corrected chi connectivity index (χ2v) is 10.9. The summed E-state index contributed by atoms with van der Waals surface area (Å²) in [6, 6.07) is 9.43. The van der Waals surface area contributed by atoms with Crippen LogP contribution < -0.4 is 5.32 Å². The minimum absolute atomic E-state index is 0.171. The van der Waals surface area contributed by atoms with Crippen LogP contribution >= 0.6 is 0 Å². The fourth-order valence-electron chi connectivity index (χ4n) is 6.62. The normalized spacial score (nSPS) is 28.4. The molecule has 3 N–H and O–H groups in total. The first-order valence-corrected chi connectivity index (χ1v) is 12.7. The van der Waals surface area contributed by atoms with E-state index in [4.69, 9.17) is 9.47 Å².